The molecule has 4 nitrogen and oxygen atoms in total. The molecule has 5 heteroatoms. The molecule has 0 heterocycles. The Morgan fingerprint density at radius 1 is 1.11 bits per heavy atom. The van der Waals surface area contributed by atoms with Crippen LogP contribution in [0.4, 0.5) is 5.69 Å². The van der Waals surface area contributed by atoms with Gasteiger partial charge in [-0.1, -0.05) is 26.0 Å². The molecule has 1 aromatic rings. The second-order valence-corrected chi connectivity index (χ2v) is 7.33. The van der Waals surface area contributed by atoms with Crippen molar-refractivity contribution < 1.29 is 8.42 Å². The number of hydrogen-bond acceptors (Lipinski definition) is 3. The molecule has 1 saturated carbocycles. The maximum Gasteiger partial charge on any atom is 0.240 e. The van der Waals surface area contributed by atoms with Crippen molar-refractivity contribution in [1.29, 1.82) is 0 Å². The molecule has 19 heavy (non-hydrogen) atoms. The highest BCUT2D eigenvalue weighted by atomic mass is 32.2. The molecule has 0 radical (unpaired) electrons. The van der Waals surface area contributed by atoms with E-state index in [0.29, 0.717) is 23.6 Å². The highest BCUT2D eigenvalue weighted by Gasteiger charge is 2.25. The highest BCUT2D eigenvalue weighted by molar-refractivity contribution is 7.89. The van der Waals surface area contributed by atoms with E-state index in [2.05, 4.69) is 19.2 Å². The minimum atomic E-state index is -3.67. The maximum atomic E-state index is 11.6. The molecular formula is C14H22N2O2S. The molecular weight excluding hydrogens is 260 g/mol. The van der Waals surface area contributed by atoms with Gasteiger partial charge < -0.3 is 5.32 Å². The van der Waals surface area contributed by atoms with Crippen LogP contribution in [0.25, 0.3) is 0 Å². The van der Waals surface area contributed by atoms with Crippen molar-refractivity contribution in [2.45, 2.75) is 44.0 Å². The zero-order valence-corrected chi connectivity index (χ0v) is 12.3. The van der Waals surface area contributed by atoms with E-state index in [4.69, 9.17) is 5.14 Å². The van der Waals surface area contributed by atoms with E-state index < -0.39 is 10.0 Å². The van der Waals surface area contributed by atoms with E-state index in [-0.39, 0.29) is 4.90 Å². The summed E-state index contributed by atoms with van der Waals surface area (Å²) in [5.41, 5.74) is 0.622. The summed E-state index contributed by atoms with van der Waals surface area (Å²) in [5, 5.41) is 8.61. The van der Waals surface area contributed by atoms with Gasteiger partial charge in [-0.25, -0.2) is 13.6 Å². The second kappa shape index (κ2) is 5.51. The van der Waals surface area contributed by atoms with E-state index in [1.807, 2.05) is 6.07 Å². The van der Waals surface area contributed by atoms with Crippen molar-refractivity contribution >= 4 is 15.7 Å². The lowest BCUT2D eigenvalue weighted by Crippen LogP contribution is -2.31. The molecule has 0 bridgehead atoms. The van der Waals surface area contributed by atoms with Crippen LogP contribution in [-0.4, -0.2) is 14.5 Å². The largest absolute Gasteiger partial charge is 0.381 e. The van der Waals surface area contributed by atoms with Crippen LogP contribution in [0.3, 0.4) is 0 Å². The van der Waals surface area contributed by atoms with E-state index in [1.165, 1.54) is 6.42 Å². The van der Waals surface area contributed by atoms with Crippen LogP contribution in [0.2, 0.25) is 0 Å². The van der Waals surface area contributed by atoms with Gasteiger partial charge in [-0.15, -0.1) is 0 Å². The first kappa shape index (κ1) is 14.3. The van der Waals surface area contributed by atoms with Crippen LogP contribution in [-0.2, 0) is 10.0 Å². The lowest BCUT2D eigenvalue weighted by atomic mass is 9.80. The number of sulfonamides is 1. The van der Waals surface area contributed by atoms with Gasteiger partial charge in [0.25, 0.3) is 0 Å². The summed E-state index contributed by atoms with van der Waals surface area (Å²) in [5.74, 6) is 1.34. The minimum Gasteiger partial charge on any atom is -0.381 e. The van der Waals surface area contributed by atoms with Crippen molar-refractivity contribution in [2.75, 3.05) is 5.32 Å². The summed E-state index contributed by atoms with van der Waals surface area (Å²) in [6.45, 7) is 4.49. The Kier molecular flexibility index (Phi) is 4.16. The van der Waals surface area contributed by atoms with Crippen molar-refractivity contribution in [3.8, 4) is 0 Å². The second-order valence-electron chi connectivity index (χ2n) is 5.80. The predicted molar refractivity (Wildman–Crippen MR) is 77.4 cm³/mol. The average Bonchev–Trinajstić information content (AvgIpc) is 2.26. The molecule has 2 atom stereocenters. The van der Waals surface area contributed by atoms with Gasteiger partial charge in [0.1, 0.15) is 4.90 Å². The fourth-order valence-corrected chi connectivity index (χ4v) is 3.82. The first-order chi connectivity index (χ1) is 8.86. The van der Waals surface area contributed by atoms with Crippen molar-refractivity contribution in [1.82, 2.24) is 0 Å². The smallest absolute Gasteiger partial charge is 0.240 e. The van der Waals surface area contributed by atoms with Gasteiger partial charge >= 0.3 is 0 Å². The van der Waals surface area contributed by atoms with Gasteiger partial charge in [0.15, 0.2) is 0 Å². The fourth-order valence-electron chi connectivity index (χ4n) is 3.12. The number of hydrogen-bond donors (Lipinski definition) is 2. The summed E-state index contributed by atoms with van der Waals surface area (Å²) in [6, 6.07) is 7.17. The number of anilines is 1. The number of para-hydroxylation sites is 1. The van der Waals surface area contributed by atoms with E-state index in [0.717, 1.165) is 12.8 Å². The molecule has 0 amide bonds. The highest BCUT2D eigenvalue weighted by Crippen LogP contribution is 2.31. The molecule has 2 rings (SSSR count). The third-order valence-electron chi connectivity index (χ3n) is 3.73. The number of rotatable bonds is 3. The molecule has 0 aliphatic heterocycles. The van der Waals surface area contributed by atoms with Gasteiger partial charge in [-0.05, 0) is 43.2 Å². The predicted octanol–water partition coefficient (Wildman–Crippen LogP) is 2.57. The Hall–Kier alpha value is -1.07. The molecule has 1 aliphatic carbocycles. The zero-order chi connectivity index (χ0) is 14.0. The van der Waals surface area contributed by atoms with E-state index in [1.54, 1.807) is 18.2 Å². The summed E-state index contributed by atoms with van der Waals surface area (Å²) >= 11 is 0. The molecule has 1 aromatic carbocycles. The Morgan fingerprint density at radius 2 is 1.68 bits per heavy atom. The summed E-state index contributed by atoms with van der Waals surface area (Å²) in [4.78, 5) is 0.181. The quantitative estimate of drug-likeness (QED) is 0.895. The lowest BCUT2D eigenvalue weighted by Gasteiger charge is -2.33. The molecule has 0 saturated heterocycles. The fraction of sp³-hybridized carbons (Fsp3) is 0.571. The normalized spacial score (nSPS) is 28.1. The summed E-state index contributed by atoms with van der Waals surface area (Å²) in [7, 11) is -3.67. The van der Waals surface area contributed by atoms with Crippen LogP contribution in [0, 0.1) is 11.8 Å². The summed E-state index contributed by atoms with van der Waals surface area (Å²) < 4.78 is 23.1. The standard InChI is InChI=1S/C14H22N2O2S/c1-10-7-11(2)9-12(8-10)16-13-5-3-4-6-14(13)19(15,17)18/h3-6,10-12,16H,7-9H2,1-2H3,(H2,15,17,18). The van der Waals surface area contributed by atoms with Gasteiger partial charge in [-0.3, -0.25) is 0 Å². The van der Waals surface area contributed by atoms with E-state index in [9.17, 15) is 8.42 Å². The maximum absolute atomic E-state index is 11.6. The van der Waals surface area contributed by atoms with Crippen LogP contribution in [0.1, 0.15) is 33.1 Å². The number of primary sulfonamides is 1. The number of benzene rings is 1. The number of nitrogens with two attached hydrogens (primary N) is 1. The van der Waals surface area contributed by atoms with Gasteiger partial charge in [0, 0.05) is 6.04 Å². The Labute approximate surface area is 115 Å². The topological polar surface area (TPSA) is 72.2 Å². The van der Waals surface area contributed by atoms with Crippen molar-refractivity contribution in [3.05, 3.63) is 24.3 Å². The summed E-state index contributed by atoms with van der Waals surface area (Å²) in [6.07, 6.45) is 3.39. The molecule has 3 N–H and O–H groups in total. The van der Waals surface area contributed by atoms with Crippen molar-refractivity contribution in [3.63, 3.8) is 0 Å². The van der Waals surface area contributed by atoms with Gasteiger partial charge in [-0.2, -0.15) is 0 Å². The van der Waals surface area contributed by atoms with Gasteiger partial charge in [0.05, 0.1) is 5.69 Å². The molecule has 0 spiro atoms. The average molecular weight is 282 g/mol. The Morgan fingerprint density at radius 3 is 2.26 bits per heavy atom. The third kappa shape index (κ3) is 3.70. The van der Waals surface area contributed by atoms with Crippen LogP contribution in [0.15, 0.2) is 29.2 Å². The van der Waals surface area contributed by atoms with Crippen LogP contribution < -0.4 is 10.5 Å². The lowest BCUT2D eigenvalue weighted by molar-refractivity contribution is 0.280. The molecule has 1 fully saturated rings. The first-order valence-corrected chi connectivity index (χ1v) is 8.29. The zero-order valence-electron chi connectivity index (χ0n) is 11.5. The van der Waals surface area contributed by atoms with E-state index >= 15 is 0 Å². The van der Waals surface area contributed by atoms with Gasteiger partial charge in [0.2, 0.25) is 10.0 Å². The SMILES string of the molecule is CC1CC(C)CC(Nc2ccccc2S(N)(=O)=O)C1. The molecule has 1 aliphatic rings. The minimum absolute atomic E-state index is 0.181. The monoisotopic (exact) mass is 282 g/mol. The first-order valence-electron chi connectivity index (χ1n) is 6.74. The van der Waals surface area contributed by atoms with Crippen LogP contribution in [0.5, 0.6) is 0 Å². The Bertz CT molecular complexity index is 532. The van der Waals surface area contributed by atoms with Crippen molar-refractivity contribution in [2.24, 2.45) is 17.0 Å². The molecule has 106 valence electrons. The number of nitrogens with one attached hydrogen (secondary N) is 1. The Balaban J connectivity index is 2.20. The van der Waals surface area contributed by atoms with Crippen LogP contribution >= 0.6 is 0 Å². The third-order valence-corrected chi connectivity index (χ3v) is 4.70. The molecule has 0 aromatic heterocycles. The molecule has 2 unspecified atom stereocenters.